The molecule has 4 aromatic rings. The number of carbonyl (C=O) groups is 1. The van der Waals surface area contributed by atoms with E-state index in [9.17, 15) is 4.79 Å². The fourth-order valence-corrected chi connectivity index (χ4v) is 3.16. The van der Waals surface area contributed by atoms with Crippen LogP contribution in [0.15, 0.2) is 104 Å². The molecular weight excluding hydrogens is 372 g/mol. The van der Waals surface area contributed by atoms with Gasteiger partial charge in [0.15, 0.2) is 0 Å². The van der Waals surface area contributed by atoms with E-state index >= 15 is 0 Å². The summed E-state index contributed by atoms with van der Waals surface area (Å²) in [5.41, 5.74) is 4.52. The molecule has 0 aliphatic carbocycles. The predicted molar refractivity (Wildman–Crippen MR) is 118 cm³/mol. The number of para-hydroxylation sites is 1. The van der Waals surface area contributed by atoms with Gasteiger partial charge in [-0.1, -0.05) is 54.6 Å². The summed E-state index contributed by atoms with van der Waals surface area (Å²) in [6.07, 6.45) is 5.19. The van der Waals surface area contributed by atoms with Gasteiger partial charge in [-0.2, -0.15) is 0 Å². The number of anilines is 2. The zero-order valence-electron chi connectivity index (χ0n) is 16.5. The van der Waals surface area contributed by atoms with Gasteiger partial charge in [-0.15, -0.1) is 0 Å². The number of benzene rings is 2. The third-order valence-electron chi connectivity index (χ3n) is 4.72. The average molecular weight is 394 g/mol. The van der Waals surface area contributed by atoms with E-state index in [4.69, 9.17) is 0 Å². The first-order valence-corrected chi connectivity index (χ1v) is 9.79. The quantitative estimate of drug-likeness (QED) is 0.492. The SMILES string of the molecule is O=C(NCc1cccnc1)c1ccc(N(Cc2ccccc2)c2ccccc2)cn1. The van der Waals surface area contributed by atoms with Gasteiger partial charge < -0.3 is 10.2 Å². The van der Waals surface area contributed by atoms with Crippen LogP contribution in [0.1, 0.15) is 21.6 Å². The highest BCUT2D eigenvalue weighted by atomic mass is 16.1. The van der Waals surface area contributed by atoms with Gasteiger partial charge in [0, 0.05) is 31.2 Å². The molecule has 0 saturated heterocycles. The molecule has 5 heteroatoms. The molecule has 2 aromatic carbocycles. The molecule has 0 aliphatic heterocycles. The molecular formula is C25H22N4O. The molecule has 4 rings (SSSR count). The molecule has 2 heterocycles. The first-order valence-electron chi connectivity index (χ1n) is 9.79. The monoisotopic (exact) mass is 394 g/mol. The second-order valence-corrected chi connectivity index (χ2v) is 6.85. The molecule has 0 saturated carbocycles. The number of pyridine rings is 2. The Labute approximate surface area is 176 Å². The van der Waals surface area contributed by atoms with Crippen molar-refractivity contribution in [3.63, 3.8) is 0 Å². The van der Waals surface area contributed by atoms with Gasteiger partial charge in [0.05, 0.1) is 11.9 Å². The lowest BCUT2D eigenvalue weighted by Crippen LogP contribution is -2.24. The summed E-state index contributed by atoms with van der Waals surface area (Å²) in [7, 11) is 0. The van der Waals surface area contributed by atoms with E-state index in [-0.39, 0.29) is 5.91 Å². The van der Waals surface area contributed by atoms with Crippen molar-refractivity contribution in [2.24, 2.45) is 0 Å². The van der Waals surface area contributed by atoms with Crippen LogP contribution < -0.4 is 10.2 Å². The van der Waals surface area contributed by atoms with Crippen LogP contribution in [0.3, 0.4) is 0 Å². The zero-order chi connectivity index (χ0) is 20.6. The minimum absolute atomic E-state index is 0.209. The lowest BCUT2D eigenvalue weighted by molar-refractivity contribution is 0.0946. The molecule has 0 bridgehead atoms. The molecule has 30 heavy (non-hydrogen) atoms. The van der Waals surface area contributed by atoms with Crippen LogP contribution in [0.25, 0.3) is 0 Å². The summed E-state index contributed by atoms with van der Waals surface area (Å²) < 4.78 is 0. The molecule has 0 radical (unpaired) electrons. The fraction of sp³-hybridized carbons (Fsp3) is 0.0800. The van der Waals surface area contributed by atoms with Crippen LogP contribution in [0.2, 0.25) is 0 Å². The molecule has 0 unspecified atom stereocenters. The lowest BCUT2D eigenvalue weighted by Gasteiger charge is -2.25. The smallest absolute Gasteiger partial charge is 0.270 e. The van der Waals surface area contributed by atoms with Gasteiger partial charge in [-0.3, -0.25) is 9.78 Å². The summed E-state index contributed by atoms with van der Waals surface area (Å²) in [5.74, 6) is -0.209. The highest BCUT2D eigenvalue weighted by Gasteiger charge is 2.13. The number of aromatic nitrogens is 2. The highest BCUT2D eigenvalue weighted by Crippen LogP contribution is 2.27. The Bertz CT molecular complexity index is 1070. The molecule has 0 fully saturated rings. The van der Waals surface area contributed by atoms with Crippen molar-refractivity contribution in [2.75, 3.05) is 4.90 Å². The Hall–Kier alpha value is -3.99. The number of amides is 1. The molecule has 1 N–H and O–H groups in total. The number of hydrogen-bond donors (Lipinski definition) is 1. The van der Waals surface area contributed by atoms with Crippen molar-refractivity contribution in [1.82, 2.24) is 15.3 Å². The summed E-state index contributed by atoms with van der Waals surface area (Å²) in [4.78, 5) is 23.1. The third kappa shape index (κ3) is 4.89. The zero-order valence-corrected chi connectivity index (χ0v) is 16.5. The van der Waals surface area contributed by atoms with E-state index in [0.717, 1.165) is 16.9 Å². The Kier molecular flexibility index (Phi) is 6.11. The van der Waals surface area contributed by atoms with Gasteiger partial charge in [0.1, 0.15) is 5.69 Å². The van der Waals surface area contributed by atoms with Crippen molar-refractivity contribution >= 4 is 17.3 Å². The number of carbonyl (C=O) groups excluding carboxylic acids is 1. The van der Waals surface area contributed by atoms with Crippen LogP contribution in [0.5, 0.6) is 0 Å². The highest BCUT2D eigenvalue weighted by molar-refractivity contribution is 5.92. The number of hydrogen-bond acceptors (Lipinski definition) is 4. The maximum Gasteiger partial charge on any atom is 0.270 e. The van der Waals surface area contributed by atoms with E-state index in [0.29, 0.717) is 18.8 Å². The first-order chi connectivity index (χ1) is 14.8. The van der Waals surface area contributed by atoms with Gasteiger partial charge in [-0.25, -0.2) is 4.98 Å². The largest absolute Gasteiger partial charge is 0.347 e. The Morgan fingerprint density at radius 1 is 0.767 bits per heavy atom. The van der Waals surface area contributed by atoms with Crippen molar-refractivity contribution < 1.29 is 4.79 Å². The van der Waals surface area contributed by atoms with Gasteiger partial charge in [0.2, 0.25) is 0 Å². The third-order valence-corrected chi connectivity index (χ3v) is 4.72. The van der Waals surface area contributed by atoms with Crippen LogP contribution in [0.4, 0.5) is 11.4 Å². The van der Waals surface area contributed by atoms with E-state index in [1.807, 2.05) is 54.6 Å². The van der Waals surface area contributed by atoms with E-state index in [2.05, 4.69) is 44.5 Å². The normalized spacial score (nSPS) is 10.4. The van der Waals surface area contributed by atoms with E-state index in [1.165, 1.54) is 5.56 Å². The fourth-order valence-electron chi connectivity index (χ4n) is 3.16. The molecule has 1 amide bonds. The Morgan fingerprint density at radius 2 is 1.50 bits per heavy atom. The molecule has 5 nitrogen and oxygen atoms in total. The summed E-state index contributed by atoms with van der Waals surface area (Å²) in [5, 5.41) is 2.88. The first kappa shape index (κ1) is 19.3. The summed E-state index contributed by atoms with van der Waals surface area (Å²) in [6, 6.07) is 27.9. The minimum Gasteiger partial charge on any atom is -0.347 e. The topological polar surface area (TPSA) is 58.1 Å². The van der Waals surface area contributed by atoms with Crippen molar-refractivity contribution in [3.8, 4) is 0 Å². The van der Waals surface area contributed by atoms with Crippen molar-refractivity contribution in [1.29, 1.82) is 0 Å². The molecule has 2 aromatic heterocycles. The number of rotatable bonds is 7. The minimum atomic E-state index is -0.209. The summed E-state index contributed by atoms with van der Waals surface area (Å²) >= 11 is 0. The molecule has 0 spiro atoms. The van der Waals surface area contributed by atoms with Crippen LogP contribution in [-0.4, -0.2) is 15.9 Å². The van der Waals surface area contributed by atoms with Crippen LogP contribution in [-0.2, 0) is 13.1 Å². The van der Waals surface area contributed by atoms with Crippen LogP contribution >= 0.6 is 0 Å². The van der Waals surface area contributed by atoms with E-state index in [1.54, 1.807) is 24.7 Å². The van der Waals surface area contributed by atoms with Gasteiger partial charge in [-0.05, 0) is 41.5 Å². The molecule has 0 atom stereocenters. The maximum absolute atomic E-state index is 12.5. The Balaban J connectivity index is 1.51. The van der Waals surface area contributed by atoms with Crippen molar-refractivity contribution in [3.05, 3.63) is 120 Å². The maximum atomic E-state index is 12.5. The number of nitrogens with zero attached hydrogens (tertiary/aromatic N) is 3. The lowest BCUT2D eigenvalue weighted by atomic mass is 10.1. The second kappa shape index (κ2) is 9.47. The van der Waals surface area contributed by atoms with Crippen LogP contribution in [0, 0.1) is 0 Å². The molecule has 0 aliphatic rings. The second-order valence-electron chi connectivity index (χ2n) is 6.85. The summed E-state index contributed by atoms with van der Waals surface area (Å²) in [6.45, 7) is 1.12. The van der Waals surface area contributed by atoms with E-state index < -0.39 is 0 Å². The molecule has 148 valence electrons. The Morgan fingerprint density at radius 3 is 2.17 bits per heavy atom. The van der Waals surface area contributed by atoms with Gasteiger partial charge in [0.25, 0.3) is 5.91 Å². The number of nitrogens with one attached hydrogen (secondary N) is 1. The van der Waals surface area contributed by atoms with Gasteiger partial charge >= 0.3 is 0 Å². The van der Waals surface area contributed by atoms with Crippen molar-refractivity contribution in [2.45, 2.75) is 13.1 Å². The average Bonchev–Trinajstić information content (AvgIpc) is 2.83. The predicted octanol–water partition coefficient (Wildman–Crippen LogP) is 4.74. The standard InChI is InChI=1S/C25H22N4O/c30-25(28-17-21-10-7-15-26-16-21)24-14-13-23(18-27-24)29(22-11-5-2-6-12-22)19-20-8-3-1-4-9-20/h1-16,18H,17,19H2,(H,28,30).